The largest absolute Gasteiger partial charge is 0.493 e. The van der Waals surface area contributed by atoms with Gasteiger partial charge in [0.1, 0.15) is 6.61 Å². The van der Waals surface area contributed by atoms with E-state index in [0.29, 0.717) is 24.7 Å². The lowest BCUT2D eigenvalue weighted by Gasteiger charge is -2.15. The molecule has 0 amide bonds. The molecule has 0 unspecified atom stereocenters. The van der Waals surface area contributed by atoms with Crippen LogP contribution in [0.3, 0.4) is 0 Å². The number of carbonyl (C=O) groups excluding carboxylic acids is 1. The molecular weight excluding hydrogens is 342 g/mol. The molecule has 2 rings (SSSR count). The van der Waals surface area contributed by atoms with Crippen molar-refractivity contribution in [1.29, 1.82) is 0 Å². The van der Waals surface area contributed by atoms with Crippen molar-refractivity contribution in [3.63, 3.8) is 0 Å². The van der Waals surface area contributed by atoms with Gasteiger partial charge in [-0.1, -0.05) is 36.4 Å². The minimum atomic E-state index is -0.443. The lowest BCUT2D eigenvalue weighted by atomic mass is 10.0. The van der Waals surface area contributed by atoms with Gasteiger partial charge >= 0.3 is 5.97 Å². The van der Waals surface area contributed by atoms with Gasteiger partial charge in [-0.2, -0.15) is 0 Å². The second kappa shape index (κ2) is 10.6. The Labute approximate surface area is 154 Å². The first-order valence-electron chi connectivity index (χ1n) is 7.90. The van der Waals surface area contributed by atoms with E-state index in [1.165, 1.54) is 0 Å². The summed E-state index contributed by atoms with van der Waals surface area (Å²) in [5.74, 6) is 0.907. The van der Waals surface area contributed by atoms with Crippen LogP contribution >= 0.6 is 12.4 Å². The first-order valence-corrected chi connectivity index (χ1v) is 7.90. The highest BCUT2D eigenvalue weighted by molar-refractivity contribution is 5.85. The predicted molar refractivity (Wildman–Crippen MR) is 99.2 cm³/mol. The van der Waals surface area contributed by atoms with E-state index in [1.54, 1.807) is 20.1 Å². The predicted octanol–water partition coefficient (Wildman–Crippen LogP) is 3.65. The van der Waals surface area contributed by atoms with Crippen LogP contribution in [0.15, 0.2) is 48.5 Å². The van der Waals surface area contributed by atoms with Crippen molar-refractivity contribution in [3.05, 3.63) is 59.7 Å². The van der Waals surface area contributed by atoms with Crippen LogP contribution in [0.2, 0.25) is 0 Å². The fraction of sp³-hybridized carbons (Fsp3) is 0.316. The molecule has 0 heterocycles. The van der Waals surface area contributed by atoms with E-state index in [2.05, 4.69) is 0 Å². The molecule has 6 heteroatoms. The molecular formula is C19H24ClNO4. The van der Waals surface area contributed by atoms with E-state index in [9.17, 15) is 4.79 Å². The fourth-order valence-electron chi connectivity index (χ4n) is 2.29. The summed E-state index contributed by atoms with van der Waals surface area (Å²) in [5.41, 5.74) is 7.94. The molecule has 0 saturated heterocycles. The molecule has 0 aliphatic rings. The van der Waals surface area contributed by atoms with Crippen LogP contribution in [0, 0.1) is 0 Å². The molecule has 1 atom stereocenters. The zero-order chi connectivity index (χ0) is 17.4. The van der Waals surface area contributed by atoms with Crippen LogP contribution in [0.1, 0.15) is 30.5 Å². The smallest absolute Gasteiger partial charge is 0.307 e. The van der Waals surface area contributed by atoms with Crippen LogP contribution < -0.4 is 15.2 Å². The van der Waals surface area contributed by atoms with Gasteiger partial charge in [-0.25, -0.2) is 0 Å². The number of methoxy groups -OCH3 is 1. The average molecular weight is 366 g/mol. The molecule has 0 bridgehead atoms. The van der Waals surface area contributed by atoms with Crippen molar-refractivity contribution in [1.82, 2.24) is 0 Å². The van der Waals surface area contributed by atoms with Crippen molar-refractivity contribution in [2.24, 2.45) is 5.73 Å². The van der Waals surface area contributed by atoms with E-state index in [4.69, 9.17) is 19.9 Å². The Kier molecular flexibility index (Phi) is 8.81. The maximum Gasteiger partial charge on any atom is 0.307 e. The molecule has 2 aromatic carbocycles. The van der Waals surface area contributed by atoms with Crippen LogP contribution in [0.25, 0.3) is 0 Å². The lowest BCUT2D eigenvalue weighted by Crippen LogP contribution is -2.17. The number of hydrogen-bond donors (Lipinski definition) is 1. The molecule has 2 aromatic rings. The van der Waals surface area contributed by atoms with Crippen molar-refractivity contribution in [2.45, 2.75) is 26.0 Å². The van der Waals surface area contributed by atoms with Gasteiger partial charge in [0.25, 0.3) is 0 Å². The Bertz CT molecular complexity index is 664. The van der Waals surface area contributed by atoms with Gasteiger partial charge < -0.3 is 19.9 Å². The van der Waals surface area contributed by atoms with Gasteiger partial charge in [0.05, 0.1) is 20.1 Å². The summed E-state index contributed by atoms with van der Waals surface area (Å²) < 4.78 is 16.1. The summed E-state index contributed by atoms with van der Waals surface area (Å²) in [6, 6.07) is 14.9. The van der Waals surface area contributed by atoms with Crippen LogP contribution in [0.4, 0.5) is 0 Å². The van der Waals surface area contributed by atoms with Gasteiger partial charge in [-0.3, -0.25) is 4.79 Å². The van der Waals surface area contributed by atoms with Crippen molar-refractivity contribution in [3.8, 4) is 11.5 Å². The first-order chi connectivity index (χ1) is 11.6. The fourth-order valence-corrected chi connectivity index (χ4v) is 2.29. The summed E-state index contributed by atoms with van der Waals surface area (Å²) in [4.78, 5) is 11.5. The Balaban J connectivity index is 0.00000312. The highest BCUT2D eigenvalue weighted by atomic mass is 35.5. The number of carbonyl (C=O) groups is 1. The Hall–Kier alpha value is -2.24. The number of halogens is 1. The number of nitrogens with two attached hydrogens (primary N) is 1. The summed E-state index contributed by atoms with van der Waals surface area (Å²) in [6.07, 6.45) is 0.126. The van der Waals surface area contributed by atoms with E-state index in [1.807, 2.05) is 42.5 Å². The third kappa shape index (κ3) is 6.29. The minimum absolute atomic E-state index is 0. The summed E-state index contributed by atoms with van der Waals surface area (Å²) in [7, 11) is 1.57. The lowest BCUT2D eigenvalue weighted by molar-refractivity contribution is -0.143. The van der Waals surface area contributed by atoms with E-state index in [0.717, 1.165) is 11.1 Å². The average Bonchev–Trinajstić information content (AvgIpc) is 2.60. The summed E-state index contributed by atoms with van der Waals surface area (Å²) in [6.45, 7) is 2.57. The Morgan fingerprint density at radius 3 is 2.48 bits per heavy atom. The van der Waals surface area contributed by atoms with Gasteiger partial charge in [0.15, 0.2) is 11.5 Å². The maximum atomic E-state index is 11.5. The maximum absolute atomic E-state index is 11.5. The quantitative estimate of drug-likeness (QED) is 0.723. The summed E-state index contributed by atoms with van der Waals surface area (Å²) >= 11 is 0. The monoisotopic (exact) mass is 365 g/mol. The molecule has 2 N–H and O–H groups in total. The van der Waals surface area contributed by atoms with Gasteiger partial charge in [0, 0.05) is 6.04 Å². The molecule has 0 spiro atoms. The Morgan fingerprint density at radius 2 is 1.84 bits per heavy atom. The van der Waals surface area contributed by atoms with Gasteiger partial charge in [0.2, 0.25) is 0 Å². The number of esters is 1. The van der Waals surface area contributed by atoms with E-state index < -0.39 is 6.04 Å². The van der Waals surface area contributed by atoms with Crippen LogP contribution in [-0.2, 0) is 16.1 Å². The molecule has 136 valence electrons. The number of hydrogen-bond acceptors (Lipinski definition) is 5. The van der Waals surface area contributed by atoms with E-state index in [-0.39, 0.29) is 24.8 Å². The highest BCUT2D eigenvalue weighted by Crippen LogP contribution is 2.31. The Morgan fingerprint density at radius 1 is 1.12 bits per heavy atom. The van der Waals surface area contributed by atoms with Crippen LogP contribution in [-0.4, -0.2) is 19.7 Å². The van der Waals surface area contributed by atoms with Gasteiger partial charge in [-0.05, 0) is 30.2 Å². The SMILES string of the molecule is CCOC(=O)C[C@@H](N)c1ccc(OCc2ccccc2)c(OC)c1.Cl. The molecule has 5 nitrogen and oxygen atoms in total. The number of rotatable bonds is 8. The topological polar surface area (TPSA) is 70.8 Å². The highest BCUT2D eigenvalue weighted by Gasteiger charge is 2.15. The van der Waals surface area contributed by atoms with Crippen molar-refractivity contribution in [2.75, 3.05) is 13.7 Å². The molecule has 25 heavy (non-hydrogen) atoms. The van der Waals surface area contributed by atoms with Crippen LogP contribution in [0.5, 0.6) is 11.5 Å². The number of benzene rings is 2. The third-order valence-corrected chi connectivity index (χ3v) is 3.54. The molecule has 0 radical (unpaired) electrons. The first kappa shape index (κ1) is 20.8. The third-order valence-electron chi connectivity index (χ3n) is 3.54. The zero-order valence-corrected chi connectivity index (χ0v) is 15.3. The normalized spacial score (nSPS) is 11.2. The van der Waals surface area contributed by atoms with Crippen molar-refractivity contribution < 1.29 is 19.0 Å². The second-order valence-electron chi connectivity index (χ2n) is 5.30. The van der Waals surface area contributed by atoms with Crippen molar-refractivity contribution >= 4 is 18.4 Å². The molecule has 0 aliphatic carbocycles. The minimum Gasteiger partial charge on any atom is -0.493 e. The molecule has 0 aliphatic heterocycles. The standard InChI is InChI=1S/C19H23NO4.ClH/c1-3-23-19(21)12-16(20)15-9-10-17(18(11-15)22-2)24-13-14-7-5-4-6-8-14;/h4-11,16H,3,12-13,20H2,1-2H3;1H/t16-;/m1./s1. The summed E-state index contributed by atoms with van der Waals surface area (Å²) in [5, 5.41) is 0. The molecule has 0 aromatic heterocycles. The second-order valence-corrected chi connectivity index (χ2v) is 5.30. The zero-order valence-electron chi connectivity index (χ0n) is 14.4. The molecule has 0 fully saturated rings. The molecule has 0 saturated carbocycles. The van der Waals surface area contributed by atoms with E-state index >= 15 is 0 Å². The number of ether oxygens (including phenoxy) is 3. The van der Waals surface area contributed by atoms with Gasteiger partial charge in [-0.15, -0.1) is 12.4 Å².